The Hall–Kier alpha value is -2.90. The lowest BCUT2D eigenvalue weighted by atomic mass is 10.0. The fourth-order valence-electron chi connectivity index (χ4n) is 4.48. The molecule has 3 heterocycles. The second-order valence-electron chi connectivity index (χ2n) is 8.33. The molecule has 3 N–H and O–H groups in total. The third kappa shape index (κ3) is 3.47. The van der Waals surface area contributed by atoms with Gasteiger partial charge in [0.1, 0.15) is 11.6 Å². The average molecular weight is 394 g/mol. The molecule has 2 amide bonds. The Balaban J connectivity index is 1.31. The lowest BCUT2D eigenvalue weighted by molar-refractivity contribution is -0.117. The summed E-state index contributed by atoms with van der Waals surface area (Å²) >= 11 is 0. The number of carbonyl (C=O) groups excluding carboxylic acids is 2. The number of rotatable bonds is 5. The number of carbonyl (C=O) groups is 2. The number of anilines is 2. The minimum Gasteiger partial charge on any atom is -0.365 e. The van der Waals surface area contributed by atoms with E-state index in [2.05, 4.69) is 15.3 Å². The summed E-state index contributed by atoms with van der Waals surface area (Å²) < 4.78 is 1.93. The maximum absolute atomic E-state index is 12.1. The molecule has 8 heteroatoms. The summed E-state index contributed by atoms with van der Waals surface area (Å²) in [5, 5.41) is 7.48. The van der Waals surface area contributed by atoms with Gasteiger partial charge in [-0.1, -0.05) is 0 Å². The lowest BCUT2D eigenvalue weighted by Gasteiger charge is -2.34. The number of aromatic nitrogens is 3. The first-order valence-electron chi connectivity index (χ1n) is 10.5. The molecule has 0 radical (unpaired) electrons. The van der Waals surface area contributed by atoms with Crippen LogP contribution in [0, 0.1) is 5.92 Å². The van der Waals surface area contributed by atoms with Crippen LogP contribution in [-0.4, -0.2) is 39.7 Å². The Kier molecular flexibility index (Phi) is 4.49. The van der Waals surface area contributed by atoms with Gasteiger partial charge in [-0.3, -0.25) is 9.59 Å². The zero-order valence-electron chi connectivity index (χ0n) is 16.4. The van der Waals surface area contributed by atoms with Crippen molar-refractivity contribution in [1.29, 1.82) is 0 Å². The average Bonchev–Trinajstić information content (AvgIpc) is 3.31. The van der Waals surface area contributed by atoms with Crippen LogP contribution < -0.4 is 16.0 Å². The summed E-state index contributed by atoms with van der Waals surface area (Å²) in [6.45, 7) is 1.54. The SMILES string of the molecule is NC(=O)c1cc2c(nc1N1CCC(n3nccc3NC(=O)C3CC3)CC1)CCC2. The van der Waals surface area contributed by atoms with Gasteiger partial charge >= 0.3 is 0 Å². The number of piperidine rings is 1. The van der Waals surface area contributed by atoms with Crippen LogP contribution in [0.3, 0.4) is 0 Å². The number of fused-ring (bicyclic) bond motifs is 1. The first-order valence-corrected chi connectivity index (χ1v) is 10.5. The molecule has 2 fully saturated rings. The number of hydrogen-bond acceptors (Lipinski definition) is 5. The van der Waals surface area contributed by atoms with Crippen molar-refractivity contribution in [2.75, 3.05) is 23.3 Å². The lowest BCUT2D eigenvalue weighted by Crippen LogP contribution is -2.37. The smallest absolute Gasteiger partial charge is 0.252 e. The van der Waals surface area contributed by atoms with Gasteiger partial charge in [-0.2, -0.15) is 5.10 Å². The first kappa shape index (κ1) is 18.1. The number of primary amides is 1. The highest BCUT2D eigenvalue weighted by Gasteiger charge is 2.31. The Bertz CT molecular complexity index is 956. The van der Waals surface area contributed by atoms with Crippen LogP contribution in [0.15, 0.2) is 18.3 Å². The van der Waals surface area contributed by atoms with Crippen LogP contribution in [-0.2, 0) is 17.6 Å². The fourth-order valence-corrected chi connectivity index (χ4v) is 4.48. The van der Waals surface area contributed by atoms with Crippen molar-refractivity contribution in [2.24, 2.45) is 11.7 Å². The number of aryl methyl sites for hydroxylation is 2. The van der Waals surface area contributed by atoms with E-state index in [-0.39, 0.29) is 17.9 Å². The monoisotopic (exact) mass is 394 g/mol. The van der Waals surface area contributed by atoms with Crippen molar-refractivity contribution >= 4 is 23.5 Å². The molecule has 2 aromatic rings. The zero-order chi connectivity index (χ0) is 20.0. The second-order valence-corrected chi connectivity index (χ2v) is 8.33. The fraction of sp³-hybridized carbons (Fsp3) is 0.524. The van der Waals surface area contributed by atoms with Gasteiger partial charge in [-0.05, 0) is 56.6 Å². The molecular weight excluding hydrogens is 368 g/mol. The van der Waals surface area contributed by atoms with E-state index in [0.29, 0.717) is 5.56 Å². The summed E-state index contributed by atoms with van der Waals surface area (Å²) in [5.74, 6) is 1.34. The standard InChI is InChI=1S/C21H26N6O2/c22-19(28)16-12-14-2-1-3-17(14)24-20(16)26-10-7-15(8-11-26)27-18(6-9-23-27)25-21(29)13-4-5-13/h6,9,12-13,15H,1-5,7-8,10-11H2,(H2,22,28)(H,25,29). The van der Waals surface area contributed by atoms with Gasteiger partial charge in [-0.25, -0.2) is 9.67 Å². The van der Waals surface area contributed by atoms with Crippen LogP contribution in [0.1, 0.15) is 59.8 Å². The number of nitrogens with two attached hydrogens (primary N) is 1. The molecule has 0 bridgehead atoms. The molecule has 2 aliphatic carbocycles. The number of nitrogens with one attached hydrogen (secondary N) is 1. The minimum absolute atomic E-state index is 0.0950. The van der Waals surface area contributed by atoms with E-state index in [1.807, 2.05) is 16.8 Å². The molecule has 0 atom stereocenters. The topological polar surface area (TPSA) is 106 Å². The normalized spacial score (nSPS) is 19.2. The molecule has 1 saturated heterocycles. The van der Waals surface area contributed by atoms with E-state index in [1.165, 1.54) is 0 Å². The van der Waals surface area contributed by atoms with Crippen molar-refractivity contribution in [2.45, 2.75) is 51.0 Å². The Labute approximate surface area is 169 Å². The number of amides is 2. The van der Waals surface area contributed by atoms with E-state index in [4.69, 9.17) is 10.7 Å². The Morgan fingerprint density at radius 1 is 1.14 bits per heavy atom. The van der Waals surface area contributed by atoms with E-state index < -0.39 is 5.91 Å². The van der Waals surface area contributed by atoms with Gasteiger partial charge in [-0.15, -0.1) is 0 Å². The van der Waals surface area contributed by atoms with Crippen molar-refractivity contribution in [3.63, 3.8) is 0 Å². The molecule has 0 unspecified atom stereocenters. The predicted molar refractivity (Wildman–Crippen MR) is 109 cm³/mol. The van der Waals surface area contributed by atoms with E-state index in [9.17, 15) is 9.59 Å². The van der Waals surface area contributed by atoms with Gasteiger partial charge in [0.05, 0.1) is 17.8 Å². The third-order valence-electron chi connectivity index (χ3n) is 6.28. The predicted octanol–water partition coefficient (Wildman–Crippen LogP) is 2.06. The Morgan fingerprint density at radius 2 is 1.93 bits per heavy atom. The molecule has 5 rings (SSSR count). The molecule has 0 spiro atoms. The largest absolute Gasteiger partial charge is 0.365 e. The van der Waals surface area contributed by atoms with Crippen molar-refractivity contribution in [3.05, 3.63) is 35.2 Å². The van der Waals surface area contributed by atoms with Crippen molar-refractivity contribution < 1.29 is 9.59 Å². The van der Waals surface area contributed by atoms with Crippen LogP contribution >= 0.6 is 0 Å². The number of hydrogen-bond donors (Lipinski definition) is 2. The highest BCUT2D eigenvalue weighted by Crippen LogP contribution is 2.33. The van der Waals surface area contributed by atoms with E-state index >= 15 is 0 Å². The summed E-state index contributed by atoms with van der Waals surface area (Å²) in [7, 11) is 0. The summed E-state index contributed by atoms with van der Waals surface area (Å²) in [6, 6.07) is 4.01. The molecule has 152 valence electrons. The summed E-state index contributed by atoms with van der Waals surface area (Å²) in [5.41, 5.74) is 8.44. The summed E-state index contributed by atoms with van der Waals surface area (Å²) in [4.78, 5) is 31.1. The molecule has 1 saturated carbocycles. The molecule has 0 aromatic carbocycles. The summed E-state index contributed by atoms with van der Waals surface area (Å²) in [6.07, 6.45) is 8.45. The van der Waals surface area contributed by atoms with E-state index in [1.54, 1.807) is 6.20 Å². The maximum atomic E-state index is 12.1. The number of nitrogens with zero attached hydrogens (tertiary/aromatic N) is 4. The molecular formula is C21H26N6O2. The van der Waals surface area contributed by atoms with Crippen molar-refractivity contribution in [1.82, 2.24) is 14.8 Å². The maximum Gasteiger partial charge on any atom is 0.252 e. The van der Waals surface area contributed by atoms with Crippen molar-refractivity contribution in [3.8, 4) is 0 Å². The van der Waals surface area contributed by atoms with Crippen LogP contribution in [0.5, 0.6) is 0 Å². The highest BCUT2D eigenvalue weighted by molar-refractivity contribution is 5.98. The molecule has 2 aromatic heterocycles. The van der Waals surface area contributed by atoms with Crippen LogP contribution in [0.25, 0.3) is 0 Å². The zero-order valence-corrected chi connectivity index (χ0v) is 16.4. The molecule has 8 nitrogen and oxygen atoms in total. The molecule has 3 aliphatic rings. The minimum atomic E-state index is -0.415. The Morgan fingerprint density at radius 3 is 2.66 bits per heavy atom. The third-order valence-corrected chi connectivity index (χ3v) is 6.28. The quantitative estimate of drug-likeness (QED) is 0.807. The highest BCUT2D eigenvalue weighted by atomic mass is 16.2. The van der Waals surface area contributed by atoms with Gasteiger partial charge in [0.15, 0.2) is 0 Å². The van der Waals surface area contributed by atoms with Crippen LogP contribution in [0.2, 0.25) is 0 Å². The van der Waals surface area contributed by atoms with E-state index in [0.717, 1.165) is 80.9 Å². The second kappa shape index (κ2) is 7.17. The van der Waals surface area contributed by atoms with Gasteiger partial charge < -0.3 is 16.0 Å². The van der Waals surface area contributed by atoms with Gasteiger partial charge in [0, 0.05) is 30.8 Å². The van der Waals surface area contributed by atoms with Crippen LogP contribution in [0.4, 0.5) is 11.6 Å². The van der Waals surface area contributed by atoms with Gasteiger partial charge in [0.25, 0.3) is 5.91 Å². The number of pyridine rings is 1. The first-order chi connectivity index (χ1) is 14.1. The molecule has 29 heavy (non-hydrogen) atoms. The van der Waals surface area contributed by atoms with Gasteiger partial charge in [0.2, 0.25) is 5.91 Å². The molecule has 1 aliphatic heterocycles.